The lowest BCUT2D eigenvalue weighted by Crippen LogP contribution is -2.39. The Balaban J connectivity index is 1.89. The number of carbonyl (C=O) groups is 1. The second-order valence-electron chi connectivity index (χ2n) is 7.65. The lowest BCUT2D eigenvalue weighted by atomic mass is 9.98. The molecular formula is C22H25N5O4. The van der Waals surface area contributed by atoms with Gasteiger partial charge in [0.25, 0.3) is 5.56 Å². The van der Waals surface area contributed by atoms with Crippen LogP contribution in [-0.4, -0.2) is 35.4 Å². The van der Waals surface area contributed by atoms with Crippen LogP contribution in [0.5, 0.6) is 5.88 Å². The normalized spacial score (nSPS) is 16.2. The number of rotatable bonds is 4. The number of benzene rings is 1. The first-order valence-electron chi connectivity index (χ1n) is 10.3. The van der Waals surface area contributed by atoms with Gasteiger partial charge in [-0.3, -0.25) is 18.7 Å². The summed E-state index contributed by atoms with van der Waals surface area (Å²) in [6.45, 7) is 4.57. The Hall–Kier alpha value is -3.62. The van der Waals surface area contributed by atoms with Gasteiger partial charge in [0.05, 0.1) is 11.8 Å². The van der Waals surface area contributed by atoms with E-state index in [-0.39, 0.29) is 30.0 Å². The molecule has 0 spiro atoms. The van der Waals surface area contributed by atoms with Crippen LogP contribution in [0.3, 0.4) is 0 Å². The molecule has 4 rings (SSSR count). The van der Waals surface area contributed by atoms with Crippen molar-refractivity contribution in [3.8, 4) is 5.88 Å². The van der Waals surface area contributed by atoms with Crippen LogP contribution in [-0.2, 0) is 25.4 Å². The van der Waals surface area contributed by atoms with Crippen molar-refractivity contribution in [1.29, 1.82) is 0 Å². The minimum Gasteiger partial charge on any atom is -0.494 e. The predicted octanol–water partition coefficient (Wildman–Crippen LogP) is 1.85. The number of nitrogens with zero attached hydrogens (tertiary/aromatic N) is 5. The Morgan fingerprint density at radius 3 is 2.55 bits per heavy atom. The molecule has 0 saturated heterocycles. The van der Waals surface area contributed by atoms with Crippen molar-refractivity contribution < 1.29 is 9.90 Å². The quantitative estimate of drug-likeness (QED) is 0.692. The Bertz CT molecular complexity index is 1340. The molecule has 1 amide bonds. The van der Waals surface area contributed by atoms with E-state index in [1.54, 1.807) is 6.92 Å². The molecule has 0 aliphatic carbocycles. The van der Waals surface area contributed by atoms with Crippen molar-refractivity contribution >= 4 is 22.5 Å². The molecule has 1 N–H and O–H groups in total. The van der Waals surface area contributed by atoms with E-state index in [0.717, 1.165) is 32.1 Å². The van der Waals surface area contributed by atoms with Crippen molar-refractivity contribution in [2.24, 2.45) is 19.2 Å². The van der Waals surface area contributed by atoms with Crippen LogP contribution in [0.25, 0.3) is 10.9 Å². The summed E-state index contributed by atoms with van der Waals surface area (Å²) in [7, 11) is 2.74. The zero-order chi connectivity index (χ0) is 22.4. The standard InChI is InChI=1S/C22H25N5O4/c1-5-18(28)27-17(14-12-26(6-2)16-10-8-7-9-13(14)16)11-15(23-27)19-20(29)24(3)22(31)25(4)21(19)30/h7-10,12,17,29H,5-6,11H2,1-4H3/t17-/m1/s1. The van der Waals surface area contributed by atoms with Gasteiger partial charge in [0.2, 0.25) is 11.8 Å². The molecule has 0 saturated carbocycles. The fraction of sp³-hybridized carbons (Fsp3) is 0.364. The summed E-state index contributed by atoms with van der Waals surface area (Å²) in [5.41, 5.74) is 0.945. The Labute approximate surface area is 178 Å². The van der Waals surface area contributed by atoms with Crippen molar-refractivity contribution in [3.63, 3.8) is 0 Å². The Morgan fingerprint density at radius 1 is 1.16 bits per heavy atom. The number of hydrogen-bond donors (Lipinski definition) is 1. The second-order valence-corrected chi connectivity index (χ2v) is 7.65. The van der Waals surface area contributed by atoms with Crippen LogP contribution >= 0.6 is 0 Å². The first kappa shape index (κ1) is 20.6. The highest BCUT2D eigenvalue weighted by atomic mass is 16.3. The summed E-state index contributed by atoms with van der Waals surface area (Å²) in [4.78, 5) is 37.7. The molecule has 9 heteroatoms. The van der Waals surface area contributed by atoms with Gasteiger partial charge in [0.1, 0.15) is 5.56 Å². The summed E-state index contributed by atoms with van der Waals surface area (Å²) in [5, 5.41) is 17.4. The summed E-state index contributed by atoms with van der Waals surface area (Å²) >= 11 is 0. The third-order valence-corrected chi connectivity index (χ3v) is 5.91. The molecule has 0 bridgehead atoms. The summed E-state index contributed by atoms with van der Waals surface area (Å²) in [6.07, 6.45) is 2.52. The van der Waals surface area contributed by atoms with Crippen LogP contribution in [0.15, 0.2) is 45.2 Å². The van der Waals surface area contributed by atoms with Gasteiger partial charge in [0.15, 0.2) is 0 Å². The van der Waals surface area contributed by atoms with Gasteiger partial charge in [0, 0.05) is 56.1 Å². The topological polar surface area (TPSA) is 102 Å². The number of hydrazone groups is 1. The number of carbonyl (C=O) groups excluding carboxylic acids is 1. The number of fused-ring (bicyclic) bond motifs is 1. The average Bonchev–Trinajstić information content (AvgIpc) is 3.37. The highest BCUT2D eigenvalue weighted by molar-refractivity contribution is 6.05. The Kier molecular flexibility index (Phi) is 5.04. The van der Waals surface area contributed by atoms with Gasteiger partial charge in [-0.1, -0.05) is 25.1 Å². The predicted molar refractivity (Wildman–Crippen MR) is 117 cm³/mol. The monoisotopic (exact) mass is 423 g/mol. The first-order chi connectivity index (χ1) is 14.8. The molecule has 0 fully saturated rings. The van der Waals surface area contributed by atoms with Crippen molar-refractivity contribution in [1.82, 2.24) is 18.7 Å². The van der Waals surface area contributed by atoms with Crippen LogP contribution < -0.4 is 11.2 Å². The molecule has 1 atom stereocenters. The maximum absolute atomic E-state index is 12.8. The molecule has 1 aliphatic heterocycles. The lowest BCUT2D eigenvalue weighted by molar-refractivity contribution is -0.132. The van der Waals surface area contributed by atoms with E-state index in [0.29, 0.717) is 0 Å². The first-order valence-corrected chi connectivity index (χ1v) is 10.3. The fourth-order valence-electron chi connectivity index (χ4n) is 4.18. The van der Waals surface area contributed by atoms with E-state index < -0.39 is 23.2 Å². The van der Waals surface area contributed by atoms with Crippen molar-refractivity contribution in [2.45, 2.75) is 39.3 Å². The van der Waals surface area contributed by atoms with E-state index in [9.17, 15) is 19.5 Å². The number of para-hydroxylation sites is 1. The van der Waals surface area contributed by atoms with Crippen LogP contribution in [0, 0.1) is 0 Å². The minimum atomic E-state index is -0.639. The van der Waals surface area contributed by atoms with Crippen molar-refractivity contribution in [3.05, 3.63) is 62.4 Å². The van der Waals surface area contributed by atoms with Crippen LogP contribution in [0.4, 0.5) is 0 Å². The van der Waals surface area contributed by atoms with Gasteiger partial charge in [-0.2, -0.15) is 5.10 Å². The maximum Gasteiger partial charge on any atom is 0.333 e. The van der Waals surface area contributed by atoms with Gasteiger partial charge in [-0.15, -0.1) is 0 Å². The van der Waals surface area contributed by atoms with E-state index in [1.165, 1.54) is 19.1 Å². The molecule has 9 nitrogen and oxygen atoms in total. The molecule has 1 aromatic carbocycles. The molecule has 0 unspecified atom stereocenters. The molecular weight excluding hydrogens is 398 g/mol. The molecule has 31 heavy (non-hydrogen) atoms. The van der Waals surface area contributed by atoms with E-state index in [1.807, 2.05) is 37.4 Å². The molecule has 3 aromatic rings. The Morgan fingerprint density at radius 2 is 1.87 bits per heavy atom. The lowest BCUT2D eigenvalue weighted by Gasteiger charge is -2.21. The summed E-state index contributed by atoms with van der Waals surface area (Å²) in [6, 6.07) is 7.53. The summed E-state index contributed by atoms with van der Waals surface area (Å²) in [5.74, 6) is -0.637. The van der Waals surface area contributed by atoms with E-state index in [2.05, 4.69) is 9.67 Å². The minimum absolute atomic E-state index is 0.0553. The highest BCUT2D eigenvalue weighted by Crippen LogP contribution is 2.38. The third-order valence-electron chi connectivity index (χ3n) is 5.91. The maximum atomic E-state index is 12.8. The third kappa shape index (κ3) is 3.08. The summed E-state index contributed by atoms with van der Waals surface area (Å²) < 4.78 is 4.04. The van der Waals surface area contributed by atoms with Crippen LogP contribution in [0.1, 0.15) is 43.9 Å². The van der Waals surface area contributed by atoms with Gasteiger partial charge in [-0.25, -0.2) is 9.80 Å². The molecule has 162 valence electrons. The number of hydrogen-bond acceptors (Lipinski definition) is 5. The molecule has 0 radical (unpaired) electrons. The van der Waals surface area contributed by atoms with Crippen molar-refractivity contribution in [2.75, 3.05) is 0 Å². The van der Waals surface area contributed by atoms with E-state index >= 15 is 0 Å². The van der Waals surface area contributed by atoms with Gasteiger partial charge in [-0.05, 0) is 13.0 Å². The molecule has 2 aromatic heterocycles. The van der Waals surface area contributed by atoms with Crippen LogP contribution in [0.2, 0.25) is 0 Å². The number of aryl methyl sites for hydroxylation is 1. The molecule has 1 aliphatic rings. The zero-order valence-corrected chi connectivity index (χ0v) is 18.0. The van der Waals surface area contributed by atoms with E-state index in [4.69, 9.17) is 0 Å². The largest absolute Gasteiger partial charge is 0.494 e. The number of amides is 1. The second kappa shape index (κ2) is 7.57. The SMILES string of the molecule is CCC(=O)N1N=C(c2c(O)n(C)c(=O)n(C)c2=O)C[C@@H]1c1cn(CC)c2ccccc12. The smallest absolute Gasteiger partial charge is 0.333 e. The van der Waals surface area contributed by atoms with Gasteiger partial charge >= 0.3 is 5.69 Å². The fourth-order valence-corrected chi connectivity index (χ4v) is 4.18. The zero-order valence-electron chi connectivity index (χ0n) is 18.0. The number of aromatic nitrogens is 3. The molecule has 3 heterocycles. The average molecular weight is 423 g/mol. The number of aromatic hydroxyl groups is 1. The highest BCUT2D eigenvalue weighted by Gasteiger charge is 2.36. The van der Waals surface area contributed by atoms with Gasteiger partial charge < -0.3 is 9.67 Å².